The summed E-state index contributed by atoms with van der Waals surface area (Å²) < 4.78 is 5.19. The summed E-state index contributed by atoms with van der Waals surface area (Å²) in [6, 6.07) is 11.4. The van der Waals surface area contributed by atoms with Crippen molar-refractivity contribution in [2.75, 3.05) is 13.7 Å². The van der Waals surface area contributed by atoms with Gasteiger partial charge in [-0.2, -0.15) is 0 Å². The Bertz CT molecular complexity index is 1110. The molecule has 0 aliphatic carbocycles. The number of benzene rings is 2. The van der Waals surface area contributed by atoms with Gasteiger partial charge in [0, 0.05) is 30.8 Å². The second-order valence-electron chi connectivity index (χ2n) is 7.29. The summed E-state index contributed by atoms with van der Waals surface area (Å²) in [6.45, 7) is 3.95. The number of ether oxygens (including phenoxy) is 1. The van der Waals surface area contributed by atoms with Gasteiger partial charge in [-0.3, -0.25) is 9.69 Å². The summed E-state index contributed by atoms with van der Waals surface area (Å²) in [5.74, 6) is 0.879. The van der Waals surface area contributed by atoms with Gasteiger partial charge < -0.3 is 14.8 Å². The van der Waals surface area contributed by atoms with Crippen molar-refractivity contribution in [3.63, 3.8) is 0 Å². The number of phenols is 1. The number of H-pyrrole nitrogens is 1. The van der Waals surface area contributed by atoms with Crippen LogP contribution in [0.3, 0.4) is 0 Å². The number of rotatable bonds is 4. The van der Waals surface area contributed by atoms with E-state index in [-0.39, 0.29) is 16.3 Å². The lowest BCUT2D eigenvalue weighted by atomic mass is 10.0. The molecule has 2 N–H and O–H groups in total. The Labute approximate surface area is 173 Å². The molecule has 0 amide bonds. The van der Waals surface area contributed by atoms with Gasteiger partial charge in [-0.25, -0.2) is 4.98 Å². The number of aromatic hydroxyl groups is 1. The zero-order valence-corrected chi connectivity index (χ0v) is 17.1. The Kier molecular flexibility index (Phi) is 5.30. The third-order valence-corrected chi connectivity index (χ3v) is 5.48. The van der Waals surface area contributed by atoms with Crippen LogP contribution in [0.4, 0.5) is 0 Å². The third kappa shape index (κ3) is 3.99. The summed E-state index contributed by atoms with van der Waals surface area (Å²) in [6.07, 6.45) is 0.634. The molecule has 29 heavy (non-hydrogen) atoms. The first-order chi connectivity index (χ1) is 13.9. The molecule has 0 spiro atoms. The number of methoxy groups -OCH3 is 1. The van der Waals surface area contributed by atoms with Gasteiger partial charge in [0.25, 0.3) is 5.56 Å². The van der Waals surface area contributed by atoms with E-state index in [0.717, 1.165) is 34.5 Å². The number of nitrogens with zero attached hydrogens (tertiary/aromatic N) is 2. The molecule has 0 bridgehead atoms. The Morgan fingerprint density at radius 2 is 2.03 bits per heavy atom. The molecule has 1 aromatic heterocycles. The quantitative estimate of drug-likeness (QED) is 0.684. The van der Waals surface area contributed by atoms with Crippen LogP contribution in [0.2, 0.25) is 5.02 Å². The van der Waals surface area contributed by atoms with Crippen LogP contribution in [0.5, 0.6) is 11.5 Å². The molecule has 0 unspecified atom stereocenters. The van der Waals surface area contributed by atoms with E-state index in [2.05, 4.69) is 9.88 Å². The highest BCUT2D eigenvalue weighted by atomic mass is 35.5. The first kappa shape index (κ1) is 19.5. The summed E-state index contributed by atoms with van der Waals surface area (Å²) in [4.78, 5) is 22.4. The molecule has 6 nitrogen and oxygen atoms in total. The van der Waals surface area contributed by atoms with Gasteiger partial charge >= 0.3 is 0 Å². The molecule has 4 rings (SSSR count). The molecule has 0 radical (unpaired) electrons. The van der Waals surface area contributed by atoms with E-state index in [9.17, 15) is 9.90 Å². The molecule has 0 atom stereocenters. The lowest BCUT2D eigenvalue weighted by molar-refractivity contribution is 0.240. The smallest absolute Gasteiger partial charge is 0.254 e. The standard InChI is InChI=1S/C22H22ClN3O3/c1-13-3-5-15(6-4-13)21-24-18-12-26(8-7-16(18)22(28)25-21)11-14-9-17(23)20(27)19(10-14)29-2/h3-6,9-10,27H,7-8,11-12H2,1-2H3,(H,24,25,28). The number of hydrogen-bond donors (Lipinski definition) is 2. The third-order valence-electron chi connectivity index (χ3n) is 5.19. The maximum absolute atomic E-state index is 12.6. The van der Waals surface area contributed by atoms with Crippen molar-refractivity contribution in [1.82, 2.24) is 14.9 Å². The molecule has 3 aromatic rings. The van der Waals surface area contributed by atoms with E-state index in [1.54, 1.807) is 12.1 Å². The summed E-state index contributed by atoms with van der Waals surface area (Å²) in [5.41, 5.74) is 4.45. The molecule has 0 saturated heterocycles. The second kappa shape index (κ2) is 7.89. The zero-order valence-electron chi connectivity index (χ0n) is 16.3. The molecule has 1 aliphatic heterocycles. The Balaban J connectivity index is 1.60. The lowest BCUT2D eigenvalue weighted by Crippen LogP contribution is -2.35. The Morgan fingerprint density at radius 3 is 2.76 bits per heavy atom. The first-order valence-electron chi connectivity index (χ1n) is 9.41. The monoisotopic (exact) mass is 411 g/mol. The normalized spacial score (nSPS) is 13.9. The number of halogens is 1. The van der Waals surface area contributed by atoms with E-state index in [1.807, 2.05) is 31.2 Å². The fourth-order valence-corrected chi connectivity index (χ4v) is 3.84. The molecular weight excluding hydrogens is 390 g/mol. The molecule has 2 heterocycles. The number of fused-ring (bicyclic) bond motifs is 1. The Morgan fingerprint density at radius 1 is 1.28 bits per heavy atom. The molecule has 2 aromatic carbocycles. The number of hydrogen-bond acceptors (Lipinski definition) is 5. The highest BCUT2D eigenvalue weighted by Crippen LogP contribution is 2.35. The van der Waals surface area contributed by atoms with Crippen molar-refractivity contribution >= 4 is 11.6 Å². The van der Waals surface area contributed by atoms with Crippen LogP contribution in [0, 0.1) is 6.92 Å². The minimum absolute atomic E-state index is 0.0575. The first-order valence-corrected chi connectivity index (χ1v) is 9.79. The average Bonchev–Trinajstić information content (AvgIpc) is 2.70. The topological polar surface area (TPSA) is 78.5 Å². The van der Waals surface area contributed by atoms with Crippen LogP contribution in [-0.4, -0.2) is 33.6 Å². The second-order valence-corrected chi connectivity index (χ2v) is 7.70. The van der Waals surface area contributed by atoms with Gasteiger partial charge in [0.05, 0.1) is 17.8 Å². The largest absolute Gasteiger partial charge is 0.503 e. The fourth-order valence-electron chi connectivity index (χ4n) is 3.61. The average molecular weight is 412 g/mol. The van der Waals surface area contributed by atoms with E-state index >= 15 is 0 Å². The number of aromatic amines is 1. The van der Waals surface area contributed by atoms with Gasteiger partial charge in [-0.1, -0.05) is 41.4 Å². The molecule has 7 heteroatoms. The van der Waals surface area contributed by atoms with Crippen molar-refractivity contribution < 1.29 is 9.84 Å². The van der Waals surface area contributed by atoms with Crippen LogP contribution in [-0.2, 0) is 19.5 Å². The van der Waals surface area contributed by atoms with Crippen LogP contribution < -0.4 is 10.3 Å². The minimum Gasteiger partial charge on any atom is -0.503 e. The van der Waals surface area contributed by atoms with Gasteiger partial charge in [-0.15, -0.1) is 0 Å². The molecular formula is C22H22ClN3O3. The van der Waals surface area contributed by atoms with Crippen molar-refractivity contribution in [3.05, 3.63) is 74.2 Å². The van der Waals surface area contributed by atoms with E-state index in [0.29, 0.717) is 31.1 Å². The minimum atomic E-state index is -0.0698. The van der Waals surface area contributed by atoms with Gasteiger partial charge in [0.1, 0.15) is 5.82 Å². The number of aryl methyl sites for hydroxylation is 1. The number of aromatic nitrogens is 2. The lowest BCUT2D eigenvalue weighted by Gasteiger charge is -2.28. The summed E-state index contributed by atoms with van der Waals surface area (Å²) in [5, 5.41) is 10.2. The highest BCUT2D eigenvalue weighted by molar-refractivity contribution is 6.32. The van der Waals surface area contributed by atoms with Crippen LogP contribution in [0.15, 0.2) is 41.2 Å². The van der Waals surface area contributed by atoms with Gasteiger partial charge in [0.15, 0.2) is 11.5 Å². The van der Waals surface area contributed by atoms with E-state index in [1.165, 1.54) is 7.11 Å². The van der Waals surface area contributed by atoms with Crippen LogP contribution in [0.25, 0.3) is 11.4 Å². The molecule has 0 saturated carbocycles. The van der Waals surface area contributed by atoms with E-state index < -0.39 is 0 Å². The van der Waals surface area contributed by atoms with Crippen LogP contribution in [0.1, 0.15) is 22.4 Å². The maximum Gasteiger partial charge on any atom is 0.254 e. The van der Waals surface area contributed by atoms with Crippen molar-refractivity contribution in [2.45, 2.75) is 26.4 Å². The summed E-state index contributed by atoms with van der Waals surface area (Å²) >= 11 is 6.11. The molecule has 150 valence electrons. The SMILES string of the molecule is COc1cc(CN2CCc3c(nc(-c4ccc(C)cc4)[nH]c3=O)C2)cc(Cl)c1O. The van der Waals surface area contributed by atoms with Crippen molar-refractivity contribution in [1.29, 1.82) is 0 Å². The van der Waals surface area contributed by atoms with Gasteiger partial charge in [0.2, 0.25) is 0 Å². The summed E-state index contributed by atoms with van der Waals surface area (Å²) in [7, 11) is 1.50. The molecule has 1 aliphatic rings. The predicted molar refractivity (Wildman–Crippen MR) is 113 cm³/mol. The van der Waals surface area contributed by atoms with Gasteiger partial charge in [-0.05, 0) is 31.0 Å². The van der Waals surface area contributed by atoms with E-state index in [4.69, 9.17) is 21.3 Å². The number of nitrogens with one attached hydrogen (secondary N) is 1. The molecule has 0 fully saturated rings. The Hall–Kier alpha value is -2.83. The number of phenolic OH excluding ortho intramolecular Hbond substituents is 1. The van der Waals surface area contributed by atoms with Crippen molar-refractivity contribution in [3.8, 4) is 22.9 Å². The predicted octanol–water partition coefficient (Wildman–Crippen LogP) is 3.67. The van der Waals surface area contributed by atoms with Crippen molar-refractivity contribution in [2.24, 2.45) is 0 Å². The fraction of sp³-hybridized carbons (Fsp3) is 0.273. The highest BCUT2D eigenvalue weighted by Gasteiger charge is 2.22. The maximum atomic E-state index is 12.6. The zero-order chi connectivity index (χ0) is 20.5. The van der Waals surface area contributed by atoms with Crippen LogP contribution >= 0.6 is 11.6 Å².